The van der Waals surface area contributed by atoms with Crippen LogP contribution in [0.15, 0.2) is 16.6 Å². The van der Waals surface area contributed by atoms with Crippen molar-refractivity contribution in [3.05, 3.63) is 33.3 Å². The molecule has 0 atom stereocenters. The molecule has 1 aromatic carbocycles. The summed E-state index contributed by atoms with van der Waals surface area (Å²) in [7, 11) is 0. The summed E-state index contributed by atoms with van der Waals surface area (Å²) in [5, 5.41) is 9.04. The van der Waals surface area contributed by atoms with E-state index in [9.17, 15) is 4.79 Å². The second-order valence-electron chi connectivity index (χ2n) is 3.30. The molecule has 1 rings (SSSR count). The maximum absolute atomic E-state index is 11.3. The van der Waals surface area contributed by atoms with E-state index in [-0.39, 0.29) is 12.4 Å². The molecule has 84 valence electrons. The van der Waals surface area contributed by atoms with Crippen LogP contribution in [0.25, 0.3) is 0 Å². The van der Waals surface area contributed by atoms with Gasteiger partial charge in [0, 0.05) is 4.47 Å². The molecule has 0 saturated carbocycles. The third-order valence-electron chi connectivity index (χ3n) is 2.24. The van der Waals surface area contributed by atoms with Crippen LogP contribution in [0.2, 0.25) is 0 Å². The van der Waals surface area contributed by atoms with Gasteiger partial charge in [-0.2, -0.15) is 5.26 Å². The summed E-state index contributed by atoms with van der Waals surface area (Å²) in [6.07, 6.45) is 0.144. The summed E-state index contributed by atoms with van der Waals surface area (Å²) in [5.74, 6) is -0.305. The first-order chi connectivity index (χ1) is 7.60. The Labute approximate surface area is 103 Å². The van der Waals surface area contributed by atoms with Gasteiger partial charge in [-0.15, -0.1) is 0 Å². The first kappa shape index (κ1) is 12.7. The molecule has 0 N–H and O–H groups in total. The monoisotopic (exact) mass is 281 g/mol. The Morgan fingerprint density at radius 2 is 2.25 bits per heavy atom. The van der Waals surface area contributed by atoms with Crippen LogP contribution in [0.1, 0.15) is 23.6 Å². The molecule has 0 aromatic heterocycles. The summed E-state index contributed by atoms with van der Waals surface area (Å²) < 4.78 is 5.73. The van der Waals surface area contributed by atoms with Gasteiger partial charge in [0.2, 0.25) is 0 Å². The lowest BCUT2D eigenvalue weighted by atomic mass is 10.0. The number of ether oxygens (including phenoxy) is 1. The van der Waals surface area contributed by atoms with Crippen LogP contribution < -0.4 is 0 Å². The lowest BCUT2D eigenvalue weighted by Crippen LogP contribution is -2.09. The summed E-state index contributed by atoms with van der Waals surface area (Å²) >= 11 is 3.35. The second kappa shape index (κ2) is 5.66. The number of nitrogens with zero attached hydrogens (tertiary/aromatic N) is 1. The number of benzene rings is 1. The van der Waals surface area contributed by atoms with Crippen LogP contribution in [0.3, 0.4) is 0 Å². The standard InChI is InChI=1S/C12H12BrNO2/c1-3-16-12(15)6-9-4-5-11(13)8(2)10(9)7-14/h4-5H,3,6H2,1-2H3. The molecule has 0 aliphatic rings. The maximum atomic E-state index is 11.3. The lowest BCUT2D eigenvalue weighted by molar-refractivity contribution is -0.142. The number of rotatable bonds is 3. The molecule has 0 amide bonds. The van der Waals surface area contributed by atoms with E-state index in [2.05, 4.69) is 22.0 Å². The van der Waals surface area contributed by atoms with Crippen LogP contribution in [-0.4, -0.2) is 12.6 Å². The van der Waals surface area contributed by atoms with E-state index < -0.39 is 0 Å². The number of esters is 1. The van der Waals surface area contributed by atoms with Crippen molar-refractivity contribution >= 4 is 21.9 Å². The van der Waals surface area contributed by atoms with E-state index in [1.807, 2.05) is 13.0 Å². The minimum Gasteiger partial charge on any atom is -0.466 e. The van der Waals surface area contributed by atoms with Gasteiger partial charge in [0.15, 0.2) is 0 Å². The molecule has 0 unspecified atom stereocenters. The van der Waals surface area contributed by atoms with E-state index in [1.54, 1.807) is 13.0 Å². The molecule has 0 radical (unpaired) electrons. The van der Waals surface area contributed by atoms with E-state index in [1.165, 1.54) is 0 Å². The number of hydrogen-bond acceptors (Lipinski definition) is 3. The van der Waals surface area contributed by atoms with Gasteiger partial charge in [-0.1, -0.05) is 22.0 Å². The Bertz CT molecular complexity index is 449. The Morgan fingerprint density at radius 1 is 1.56 bits per heavy atom. The fourth-order valence-electron chi connectivity index (χ4n) is 1.41. The zero-order valence-electron chi connectivity index (χ0n) is 9.21. The van der Waals surface area contributed by atoms with Crippen LogP contribution in [0.4, 0.5) is 0 Å². The Balaban J connectivity index is 3.02. The predicted molar refractivity (Wildman–Crippen MR) is 63.9 cm³/mol. The fraction of sp³-hybridized carbons (Fsp3) is 0.333. The average Bonchev–Trinajstić information content (AvgIpc) is 2.24. The number of carbonyl (C=O) groups is 1. The van der Waals surface area contributed by atoms with E-state index >= 15 is 0 Å². The summed E-state index contributed by atoms with van der Waals surface area (Å²) in [6, 6.07) is 5.72. The summed E-state index contributed by atoms with van der Waals surface area (Å²) in [4.78, 5) is 11.3. The van der Waals surface area contributed by atoms with Crippen molar-refractivity contribution in [2.24, 2.45) is 0 Å². The molecule has 0 aliphatic heterocycles. The zero-order chi connectivity index (χ0) is 12.1. The van der Waals surface area contributed by atoms with Gasteiger partial charge in [0.25, 0.3) is 0 Å². The van der Waals surface area contributed by atoms with Gasteiger partial charge in [-0.25, -0.2) is 0 Å². The normalized spacial score (nSPS) is 9.62. The molecule has 16 heavy (non-hydrogen) atoms. The molecule has 0 bridgehead atoms. The molecule has 0 saturated heterocycles. The van der Waals surface area contributed by atoms with Crippen molar-refractivity contribution in [3.8, 4) is 6.07 Å². The highest BCUT2D eigenvalue weighted by Crippen LogP contribution is 2.23. The maximum Gasteiger partial charge on any atom is 0.310 e. The number of nitriles is 1. The highest BCUT2D eigenvalue weighted by molar-refractivity contribution is 9.10. The first-order valence-corrected chi connectivity index (χ1v) is 5.73. The highest BCUT2D eigenvalue weighted by atomic mass is 79.9. The van der Waals surface area contributed by atoms with Crippen molar-refractivity contribution in [3.63, 3.8) is 0 Å². The van der Waals surface area contributed by atoms with E-state index in [0.717, 1.165) is 10.0 Å². The van der Waals surface area contributed by atoms with Gasteiger partial charge in [-0.05, 0) is 31.0 Å². The number of hydrogen-bond donors (Lipinski definition) is 0. The third kappa shape index (κ3) is 2.83. The SMILES string of the molecule is CCOC(=O)Cc1ccc(Br)c(C)c1C#N. The van der Waals surface area contributed by atoms with Crippen LogP contribution in [-0.2, 0) is 16.0 Å². The van der Waals surface area contributed by atoms with Crippen molar-refractivity contribution in [2.75, 3.05) is 6.61 Å². The molecule has 0 aliphatic carbocycles. The number of carbonyl (C=O) groups excluding carboxylic acids is 1. The molecule has 0 spiro atoms. The van der Waals surface area contributed by atoms with Crippen molar-refractivity contribution in [1.82, 2.24) is 0 Å². The van der Waals surface area contributed by atoms with Crippen molar-refractivity contribution in [2.45, 2.75) is 20.3 Å². The molecule has 1 aromatic rings. The smallest absolute Gasteiger partial charge is 0.310 e. The van der Waals surface area contributed by atoms with Crippen LogP contribution >= 0.6 is 15.9 Å². The van der Waals surface area contributed by atoms with E-state index in [4.69, 9.17) is 10.00 Å². The first-order valence-electron chi connectivity index (χ1n) is 4.93. The van der Waals surface area contributed by atoms with Gasteiger partial charge in [-0.3, -0.25) is 4.79 Å². The molecular weight excluding hydrogens is 270 g/mol. The second-order valence-corrected chi connectivity index (χ2v) is 4.15. The summed E-state index contributed by atoms with van der Waals surface area (Å²) in [5.41, 5.74) is 2.10. The molecular formula is C12H12BrNO2. The van der Waals surface area contributed by atoms with Gasteiger partial charge < -0.3 is 4.74 Å². The quantitative estimate of drug-likeness (QED) is 0.801. The molecule has 3 nitrogen and oxygen atoms in total. The zero-order valence-corrected chi connectivity index (χ0v) is 10.8. The minimum atomic E-state index is -0.305. The third-order valence-corrected chi connectivity index (χ3v) is 3.10. The van der Waals surface area contributed by atoms with Gasteiger partial charge in [0.1, 0.15) is 0 Å². The Morgan fingerprint density at radius 3 is 2.81 bits per heavy atom. The average molecular weight is 282 g/mol. The fourth-order valence-corrected chi connectivity index (χ4v) is 1.74. The Kier molecular flexibility index (Phi) is 4.51. The van der Waals surface area contributed by atoms with E-state index in [0.29, 0.717) is 17.7 Å². The highest BCUT2D eigenvalue weighted by Gasteiger charge is 2.12. The number of halogens is 1. The van der Waals surface area contributed by atoms with Crippen molar-refractivity contribution < 1.29 is 9.53 Å². The van der Waals surface area contributed by atoms with Crippen LogP contribution in [0, 0.1) is 18.3 Å². The minimum absolute atomic E-state index is 0.144. The van der Waals surface area contributed by atoms with Crippen LogP contribution in [0.5, 0.6) is 0 Å². The molecule has 0 heterocycles. The lowest BCUT2D eigenvalue weighted by Gasteiger charge is -2.07. The molecule has 0 fully saturated rings. The molecule has 4 heteroatoms. The topological polar surface area (TPSA) is 50.1 Å². The van der Waals surface area contributed by atoms with Crippen molar-refractivity contribution in [1.29, 1.82) is 5.26 Å². The predicted octanol–water partition coefficient (Wildman–Crippen LogP) is 2.73. The Hall–Kier alpha value is -1.34. The van der Waals surface area contributed by atoms with Gasteiger partial charge >= 0.3 is 5.97 Å². The largest absolute Gasteiger partial charge is 0.466 e. The summed E-state index contributed by atoms with van der Waals surface area (Å²) in [6.45, 7) is 3.96. The van der Waals surface area contributed by atoms with Gasteiger partial charge in [0.05, 0.1) is 24.7 Å².